The lowest BCUT2D eigenvalue weighted by atomic mass is 10.1. The number of benzene rings is 1. The second-order valence-corrected chi connectivity index (χ2v) is 7.32. The fourth-order valence-electron chi connectivity index (χ4n) is 2.34. The van der Waals surface area contributed by atoms with Crippen LogP contribution in [0.3, 0.4) is 0 Å². The lowest BCUT2D eigenvalue weighted by molar-refractivity contribution is 0.557. The Labute approximate surface area is 111 Å². The van der Waals surface area contributed by atoms with Crippen LogP contribution in [-0.4, -0.2) is 14.5 Å². The summed E-state index contributed by atoms with van der Waals surface area (Å²) in [5.41, 5.74) is 2.49. The Hall–Kier alpha value is -1.17. The van der Waals surface area contributed by atoms with Gasteiger partial charge in [0.15, 0.2) is 0 Å². The van der Waals surface area contributed by atoms with Crippen LogP contribution in [0.5, 0.6) is 0 Å². The lowest BCUT2D eigenvalue weighted by Gasteiger charge is -2.11. The van der Waals surface area contributed by atoms with Crippen molar-refractivity contribution in [3.05, 3.63) is 52.9 Å². The molecular formula is C13H13NO2S2. The first-order valence-electron chi connectivity index (χ1n) is 5.78. The van der Waals surface area contributed by atoms with Crippen molar-refractivity contribution in [2.24, 2.45) is 0 Å². The first-order valence-corrected chi connectivity index (χ1v) is 8.14. The van der Waals surface area contributed by atoms with Gasteiger partial charge in [0.05, 0.1) is 0 Å². The molecule has 5 heteroatoms. The van der Waals surface area contributed by atoms with Gasteiger partial charge in [-0.15, -0.1) is 11.3 Å². The maximum atomic E-state index is 12.1. The molecule has 0 radical (unpaired) electrons. The predicted molar refractivity (Wildman–Crippen MR) is 72.3 cm³/mol. The number of thiophene rings is 1. The molecule has 1 aliphatic carbocycles. The standard InChI is InChI=1S/C13H13NO2S2/c15-18(16,13-6-3-7-17-13)14-12-8-10-4-1-2-5-11(10)9-12/h1-7,12,14H,8-9H2. The molecule has 1 aromatic carbocycles. The van der Waals surface area contributed by atoms with Gasteiger partial charge in [0.25, 0.3) is 0 Å². The Bertz CT molecular complexity index is 622. The van der Waals surface area contributed by atoms with E-state index in [0.717, 1.165) is 12.8 Å². The number of nitrogens with one attached hydrogen (secondary N) is 1. The highest BCUT2D eigenvalue weighted by Crippen LogP contribution is 2.24. The number of hydrogen-bond donors (Lipinski definition) is 1. The fourth-order valence-corrected chi connectivity index (χ4v) is 4.58. The molecule has 0 bridgehead atoms. The van der Waals surface area contributed by atoms with Crippen LogP contribution in [0, 0.1) is 0 Å². The molecule has 18 heavy (non-hydrogen) atoms. The van der Waals surface area contributed by atoms with Crippen LogP contribution in [0.2, 0.25) is 0 Å². The molecule has 0 spiro atoms. The van der Waals surface area contributed by atoms with Crippen molar-refractivity contribution in [2.45, 2.75) is 23.1 Å². The van der Waals surface area contributed by atoms with Crippen molar-refractivity contribution < 1.29 is 8.42 Å². The van der Waals surface area contributed by atoms with Crippen LogP contribution in [0.15, 0.2) is 46.0 Å². The van der Waals surface area contributed by atoms with E-state index in [1.54, 1.807) is 17.5 Å². The molecule has 0 amide bonds. The van der Waals surface area contributed by atoms with Crippen molar-refractivity contribution in [2.75, 3.05) is 0 Å². The molecule has 1 N–H and O–H groups in total. The van der Waals surface area contributed by atoms with E-state index in [2.05, 4.69) is 16.9 Å². The largest absolute Gasteiger partial charge is 0.250 e. The molecule has 0 atom stereocenters. The average molecular weight is 279 g/mol. The lowest BCUT2D eigenvalue weighted by Crippen LogP contribution is -2.34. The Morgan fingerprint density at radius 1 is 1.06 bits per heavy atom. The summed E-state index contributed by atoms with van der Waals surface area (Å²) in [5.74, 6) is 0. The first kappa shape index (κ1) is 11.9. The minimum absolute atomic E-state index is 0.0190. The first-order chi connectivity index (χ1) is 8.65. The van der Waals surface area contributed by atoms with Crippen LogP contribution >= 0.6 is 11.3 Å². The van der Waals surface area contributed by atoms with Crippen LogP contribution in [0.1, 0.15) is 11.1 Å². The number of fused-ring (bicyclic) bond motifs is 1. The van der Waals surface area contributed by atoms with E-state index in [9.17, 15) is 8.42 Å². The van der Waals surface area contributed by atoms with Crippen molar-refractivity contribution in [1.29, 1.82) is 0 Å². The summed E-state index contributed by atoms with van der Waals surface area (Å²) in [6, 6.07) is 11.5. The van der Waals surface area contributed by atoms with Crippen molar-refractivity contribution in [1.82, 2.24) is 4.72 Å². The molecule has 0 saturated carbocycles. The van der Waals surface area contributed by atoms with Crippen molar-refractivity contribution in [3.63, 3.8) is 0 Å². The molecular weight excluding hydrogens is 266 g/mol. The number of rotatable bonds is 3. The molecule has 2 aromatic rings. The summed E-state index contributed by atoms with van der Waals surface area (Å²) in [4.78, 5) is 0. The Morgan fingerprint density at radius 3 is 2.28 bits per heavy atom. The van der Waals surface area contributed by atoms with Gasteiger partial charge in [0, 0.05) is 6.04 Å². The van der Waals surface area contributed by atoms with Gasteiger partial charge < -0.3 is 0 Å². The zero-order valence-electron chi connectivity index (χ0n) is 9.67. The zero-order chi connectivity index (χ0) is 12.6. The second-order valence-electron chi connectivity index (χ2n) is 4.43. The third-order valence-corrected chi connectivity index (χ3v) is 6.05. The molecule has 0 aliphatic heterocycles. The van der Waals surface area contributed by atoms with E-state index in [0.29, 0.717) is 4.21 Å². The van der Waals surface area contributed by atoms with Crippen LogP contribution in [0.4, 0.5) is 0 Å². The molecule has 0 fully saturated rings. The smallest absolute Gasteiger partial charge is 0.207 e. The summed E-state index contributed by atoms with van der Waals surface area (Å²) < 4.78 is 27.4. The molecule has 3 nitrogen and oxygen atoms in total. The highest BCUT2D eigenvalue weighted by Gasteiger charge is 2.26. The minimum Gasteiger partial charge on any atom is -0.207 e. The van der Waals surface area contributed by atoms with Crippen molar-refractivity contribution in [3.8, 4) is 0 Å². The monoisotopic (exact) mass is 279 g/mol. The molecule has 3 rings (SSSR count). The van der Waals surface area contributed by atoms with Gasteiger partial charge in [-0.2, -0.15) is 0 Å². The summed E-state index contributed by atoms with van der Waals surface area (Å²) in [7, 11) is -3.35. The topological polar surface area (TPSA) is 46.2 Å². The molecule has 0 saturated heterocycles. The highest BCUT2D eigenvalue weighted by atomic mass is 32.2. The summed E-state index contributed by atoms with van der Waals surface area (Å²) in [6.45, 7) is 0. The van der Waals surface area contributed by atoms with E-state index < -0.39 is 10.0 Å². The van der Waals surface area contributed by atoms with E-state index in [1.165, 1.54) is 22.5 Å². The van der Waals surface area contributed by atoms with Crippen molar-refractivity contribution >= 4 is 21.4 Å². The zero-order valence-corrected chi connectivity index (χ0v) is 11.3. The normalized spacial score (nSPS) is 15.8. The molecule has 94 valence electrons. The third kappa shape index (κ3) is 2.21. The van der Waals surface area contributed by atoms with E-state index in [1.807, 2.05) is 12.1 Å². The third-order valence-electron chi connectivity index (χ3n) is 3.13. The van der Waals surface area contributed by atoms with E-state index >= 15 is 0 Å². The molecule has 1 heterocycles. The molecule has 0 unspecified atom stereocenters. The number of hydrogen-bond acceptors (Lipinski definition) is 3. The Balaban J connectivity index is 1.77. The summed E-state index contributed by atoms with van der Waals surface area (Å²) in [6.07, 6.45) is 1.56. The van der Waals surface area contributed by atoms with Crippen LogP contribution in [0.25, 0.3) is 0 Å². The van der Waals surface area contributed by atoms with Crippen LogP contribution < -0.4 is 4.72 Å². The van der Waals surface area contributed by atoms with Crippen LogP contribution in [-0.2, 0) is 22.9 Å². The number of sulfonamides is 1. The maximum absolute atomic E-state index is 12.1. The quantitative estimate of drug-likeness (QED) is 0.936. The van der Waals surface area contributed by atoms with Gasteiger partial charge in [0.1, 0.15) is 4.21 Å². The van der Waals surface area contributed by atoms with E-state index in [-0.39, 0.29) is 6.04 Å². The van der Waals surface area contributed by atoms with Gasteiger partial charge in [-0.05, 0) is 35.4 Å². The fraction of sp³-hybridized carbons (Fsp3) is 0.231. The SMILES string of the molecule is O=S(=O)(NC1Cc2ccccc2C1)c1cccs1. The van der Waals surface area contributed by atoms with Gasteiger partial charge >= 0.3 is 0 Å². The second kappa shape index (κ2) is 4.50. The Morgan fingerprint density at radius 2 is 1.72 bits per heavy atom. The molecule has 1 aliphatic rings. The van der Waals surface area contributed by atoms with Gasteiger partial charge in [-0.3, -0.25) is 0 Å². The Kier molecular flexibility index (Phi) is 2.97. The minimum atomic E-state index is -3.35. The van der Waals surface area contributed by atoms with Gasteiger partial charge in [-0.25, -0.2) is 13.1 Å². The highest BCUT2D eigenvalue weighted by molar-refractivity contribution is 7.91. The van der Waals surface area contributed by atoms with Gasteiger partial charge in [0.2, 0.25) is 10.0 Å². The maximum Gasteiger partial charge on any atom is 0.250 e. The van der Waals surface area contributed by atoms with Gasteiger partial charge in [-0.1, -0.05) is 30.3 Å². The van der Waals surface area contributed by atoms with E-state index in [4.69, 9.17) is 0 Å². The summed E-state index contributed by atoms with van der Waals surface area (Å²) >= 11 is 1.25. The summed E-state index contributed by atoms with van der Waals surface area (Å²) in [5, 5.41) is 1.78. The predicted octanol–water partition coefficient (Wildman–Crippen LogP) is 2.19. The average Bonchev–Trinajstić information content (AvgIpc) is 2.96. The molecule has 1 aromatic heterocycles.